The van der Waals surface area contributed by atoms with E-state index in [1.807, 2.05) is 55.8 Å². The van der Waals surface area contributed by atoms with Crippen LogP contribution in [-0.4, -0.2) is 45.4 Å². The molecule has 2 amide bonds. The molecule has 0 spiro atoms. The number of para-hydroxylation sites is 1. The van der Waals surface area contributed by atoms with Crippen LogP contribution in [0, 0.1) is 0 Å². The monoisotopic (exact) mass is 480 g/mol. The first-order valence-electron chi connectivity index (χ1n) is 11.4. The van der Waals surface area contributed by atoms with E-state index < -0.39 is 5.60 Å². The van der Waals surface area contributed by atoms with Gasteiger partial charge >= 0.3 is 6.09 Å². The number of anilines is 1. The van der Waals surface area contributed by atoms with E-state index in [-0.39, 0.29) is 17.9 Å². The SMILES string of the molecule is CC(C)(C)OC(=O)N1CCC(c2c(C(=O)Nc3cccc(Cl)c3)cnn2-c2ccccc2)CC1. The number of halogens is 1. The molecule has 34 heavy (non-hydrogen) atoms. The molecule has 1 aliphatic rings. The van der Waals surface area contributed by atoms with Gasteiger partial charge in [0.05, 0.1) is 23.1 Å². The number of carbonyl (C=O) groups excluding carboxylic acids is 2. The van der Waals surface area contributed by atoms with Crippen molar-refractivity contribution in [2.24, 2.45) is 0 Å². The molecule has 0 aliphatic carbocycles. The van der Waals surface area contributed by atoms with Gasteiger partial charge in [0, 0.05) is 29.7 Å². The van der Waals surface area contributed by atoms with Crippen LogP contribution in [0.4, 0.5) is 10.5 Å². The first-order chi connectivity index (χ1) is 16.2. The van der Waals surface area contributed by atoms with Gasteiger partial charge in [-0.2, -0.15) is 5.10 Å². The first kappa shape index (κ1) is 23.8. The summed E-state index contributed by atoms with van der Waals surface area (Å²) in [5.41, 5.74) is 2.32. The average molecular weight is 481 g/mol. The van der Waals surface area contributed by atoms with E-state index in [0.717, 1.165) is 11.4 Å². The second kappa shape index (κ2) is 9.89. The third-order valence-corrected chi connectivity index (χ3v) is 5.90. The molecule has 8 heteroatoms. The largest absolute Gasteiger partial charge is 0.444 e. The number of nitrogens with one attached hydrogen (secondary N) is 1. The third kappa shape index (κ3) is 5.59. The maximum atomic E-state index is 13.3. The fourth-order valence-corrected chi connectivity index (χ4v) is 4.32. The van der Waals surface area contributed by atoms with Gasteiger partial charge in [0.15, 0.2) is 0 Å². The van der Waals surface area contributed by atoms with Crippen LogP contribution >= 0.6 is 11.6 Å². The van der Waals surface area contributed by atoms with Crippen molar-refractivity contribution in [2.75, 3.05) is 18.4 Å². The number of hydrogen-bond acceptors (Lipinski definition) is 4. The normalized spacial score (nSPS) is 14.6. The second-order valence-electron chi connectivity index (χ2n) is 9.40. The van der Waals surface area contributed by atoms with E-state index in [0.29, 0.717) is 42.2 Å². The number of rotatable bonds is 4. The van der Waals surface area contributed by atoms with Crippen LogP contribution in [-0.2, 0) is 4.74 Å². The van der Waals surface area contributed by atoms with Crippen LogP contribution < -0.4 is 5.32 Å². The Bertz CT molecular complexity index is 1160. The summed E-state index contributed by atoms with van der Waals surface area (Å²) in [6.45, 7) is 6.69. The summed E-state index contributed by atoms with van der Waals surface area (Å²) >= 11 is 6.08. The molecule has 7 nitrogen and oxygen atoms in total. The van der Waals surface area contributed by atoms with Crippen molar-refractivity contribution in [1.29, 1.82) is 0 Å². The van der Waals surface area contributed by atoms with Crippen molar-refractivity contribution in [3.05, 3.63) is 77.1 Å². The molecule has 3 aromatic rings. The van der Waals surface area contributed by atoms with Crippen LogP contribution in [0.1, 0.15) is 55.6 Å². The van der Waals surface area contributed by atoms with E-state index >= 15 is 0 Å². The molecule has 2 aromatic carbocycles. The van der Waals surface area contributed by atoms with Gasteiger partial charge in [0.2, 0.25) is 0 Å². The van der Waals surface area contributed by atoms with Crippen LogP contribution in [0.3, 0.4) is 0 Å². The number of nitrogens with zero attached hydrogens (tertiary/aromatic N) is 3. The van der Waals surface area contributed by atoms with Crippen molar-refractivity contribution in [2.45, 2.75) is 45.1 Å². The summed E-state index contributed by atoms with van der Waals surface area (Å²) in [6.07, 6.45) is 2.72. The Morgan fingerprint density at radius 1 is 1.06 bits per heavy atom. The molecule has 1 saturated heterocycles. The molecule has 2 heterocycles. The van der Waals surface area contributed by atoms with Crippen molar-refractivity contribution < 1.29 is 14.3 Å². The zero-order valence-electron chi connectivity index (χ0n) is 19.6. The molecule has 0 atom stereocenters. The molecular weight excluding hydrogens is 452 g/mol. The van der Waals surface area contributed by atoms with Crippen molar-refractivity contribution in [3.63, 3.8) is 0 Å². The van der Waals surface area contributed by atoms with Crippen molar-refractivity contribution in [3.8, 4) is 5.69 Å². The number of likely N-dealkylation sites (tertiary alicyclic amines) is 1. The third-order valence-electron chi connectivity index (χ3n) is 5.67. The Morgan fingerprint density at radius 2 is 1.76 bits per heavy atom. The van der Waals surface area contributed by atoms with Gasteiger partial charge < -0.3 is 15.0 Å². The van der Waals surface area contributed by atoms with Crippen LogP contribution in [0.15, 0.2) is 60.8 Å². The summed E-state index contributed by atoms with van der Waals surface area (Å²) in [5.74, 6) is -0.185. The van der Waals surface area contributed by atoms with Gasteiger partial charge in [-0.25, -0.2) is 9.48 Å². The Balaban J connectivity index is 1.59. The summed E-state index contributed by atoms with van der Waals surface area (Å²) in [4.78, 5) is 27.5. The zero-order valence-corrected chi connectivity index (χ0v) is 20.4. The lowest BCUT2D eigenvalue weighted by Gasteiger charge is -2.34. The molecule has 0 saturated carbocycles. The van der Waals surface area contributed by atoms with Crippen LogP contribution in [0.2, 0.25) is 5.02 Å². The fraction of sp³-hybridized carbons (Fsp3) is 0.346. The Morgan fingerprint density at radius 3 is 2.41 bits per heavy atom. The quantitative estimate of drug-likeness (QED) is 0.505. The molecule has 0 radical (unpaired) electrons. The molecule has 4 rings (SSSR count). The number of amides is 2. The predicted octanol–water partition coefficient (Wildman–Crippen LogP) is 5.89. The van der Waals surface area contributed by atoms with Crippen molar-refractivity contribution in [1.82, 2.24) is 14.7 Å². The maximum Gasteiger partial charge on any atom is 0.410 e. The summed E-state index contributed by atoms with van der Waals surface area (Å²) in [5, 5.41) is 8.05. The smallest absolute Gasteiger partial charge is 0.410 e. The van der Waals surface area contributed by atoms with E-state index in [1.54, 1.807) is 35.4 Å². The summed E-state index contributed by atoms with van der Waals surface area (Å²) in [7, 11) is 0. The highest BCUT2D eigenvalue weighted by atomic mass is 35.5. The highest BCUT2D eigenvalue weighted by Gasteiger charge is 2.32. The molecule has 0 unspecified atom stereocenters. The lowest BCUT2D eigenvalue weighted by atomic mass is 9.90. The minimum absolute atomic E-state index is 0.0569. The van der Waals surface area contributed by atoms with Gasteiger partial charge in [-0.05, 0) is 63.9 Å². The van der Waals surface area contributed by atoms with E-state index in [4.69, 9.17) is 16.3 Å². The molecule has 1 fully saturated rings. The number of carbonyl (C=O) groups is 2. The Hall–Kier alpha value is -3.32. The van der Waals surface area contributed by atoms with Crippen LogP contribution in [0.25, 0.3) is 5.69 Å². The molecule has 178 valence electrons. The molecule has 1 aromatic heterocycles. The number of benzene rings is 2. The first-order valence-corrected chi connectivity index (χ1v) is 11.8. The Kier molecular flexibility index (Phi) is 6.93. The molecule has 0 bridgehead atoms. The lowest BCUT2D eigenvalue weighted by molar-refractivity contribution is 0.0203. The highest BCUT2D eigenvalue weighted by Crippen LogP contribution is 2.33. The van der Waals surface area contributed by atoms with E-state index in [2.05, 4.69) is 10.4 Å². The summed E-state index contributed by atoms with van der Waals surface area (Å²) < 4.78 is 7.36. The molecule has 1 N–H and O–H groups in total. The summed E-state index contributed by atoms with van der Waals surface area (Å²) in [6, 6.07) is 16.8. The van der Waals surface area contributed by atoms with Gasteiger partial charge in [0.1, 0.15) is 5.60 Å². The second-order valence-corrected chi connectivity index (χ2v) is 9.83. The number of hydrogen-bond donors (Lipinski definition) is 1. The molecular formula is C26H29ClN4O3. The minimum atomic E-state index is -0.536. The minimum Gasteiger partial charge on any atom is -0.444 e. The van der Waals surface area contributed by atoms with E-state index in [1.165, 1.54) is 0 Å². The predicted molar refractivity (Wildman–Crippen MR) is 133 cm³/mol. The van der Waals surface area contributed by atoms with Crippen molar-refractivity contribution >= 4 is 29.3 Å². The average Bonchev–Trinajstić information content (AvgIpc) is 3.24. The maximum absolute atomic E-state index is 13.3. The fourth-order valence-electron chi connectivity index (χ4n) is 4.13. The number of ether oxygens (including phenoxy) is 1. The Labute approximate surface area is 204 Å². The topological polar surface area (TPSA) is 76.5 Å². The van der Waals surface area contributed by atoms with Gasteiger partial charge in [-0.15, -0.1) is 0 Å². The van der Waals surface area contributed by atoms with E-state index in [9.17, 15) is 9.59 Å². The van der Waals surface area contributed by atoms with Crippen LogP contribution in [0.5, 0.6) is 0 Å². The molecule has 1 aliphatic heterocycles. The van der Waals surface area contributed by atoms with Gasteiger partial charge in [0.25, 0.3) is 5.91 Å². The number of aromatic nitrogens is 2. The zero-order chi connectivity index (χ0) is 24.3. The highest BCUT2D eigenvalue weighted by molar-refractivity contribution is 6.31. The van der Waals surface area contributed by atoms with Gasteiger partial charge in [-0.1, -0.05) is 35.9 Å². The van der Waals surface area contributed by atoms with Gasteiger partial charge in [-0.3, -0.25) is 4.79 Å². The lowest BCUT2D eigenvalue weighted by Crippen LogP contribution is -2.41. The standard InChI is InChI=1S/C26H29ClN4O3/c1-26(2,3)34-25(33)30-14-12-18(13-15-30)23-22(17-28-31(23)21-10-5-4-6-11-21)24(32)29-20-9-7-8-19(27)16-20/h4-11,16-18H,12-15H2,1-3H3,(H,29,32). The number of piperidine rings is 1.